The Morgan fingerprint density at radius 1 is 1.08 bits per heavy atom. The van der Waals surface area contributed by atoms with Crippen molar-refractivity contribution in [1.82, 2.24) is 4.90 Å². The van der Waals surface area contributed by atoms with Crippen LogP contribution in [0.25, 0.3) is 0 Å². The van der Waals surface area contributed by atoms with Gasteiger partial charge in [0, 0.05) is 18.2 Å². The van der Waals surface area contributed by atoms with Crippen LogP contribution in [0.15, 0.2) is 42.5 Å². The van der Waals surface area contributed by atoms with Crippen molar-refractivity contribution in [2.45, 2.75) is 6.04 Å². The predicted octanol–water partition coefficient (Wildman–Crippen LogP) is 2.68. The lowest BCUT2D eigenvalue weighted by Crippen LogP contribution is -2.52. The molecule has 3 rings (SSSR count). The number of hydrogen-bond acceptors (Lipinski definition) is 4. The minimum Gasteiger partial charge on any atom is -0.480 e. The molecule has 6 nitrogen and oxygen atoms in total. The SMILES string of the molecule is O=C(O)[C@@H]1COCCN1C(=O)c1ccc(Oc2ccc(F)c(F)c2)cc1. The average molecular weight is 363 g/mol. The molecule has 2 aromatic carbocycles. The van der Waals surface area contributed by atoms with Crippen molar-refractivity contribution in [2.24, 2.45) is 0 Å². The lowest BCUT2D eigenvalue weighted by molar-refractivity contribution is -0.147. The van der Waals surface area contributed by atoms with E-state index < -0.39 is 29.6 Å². The van der Waals surface area contributed by atoms with Crippen molar-refractivity contribution in [3.8, 4) is 11.5 Å². The second kappa shape index (κ2) is 7.49. The third kappa shape index (κ3) is 3.80. The third-order valence-electron chi connectivity index (χ3n) is 3.90. The van der Waals surface area contributed by atoms with Crippen LogP contribution < -0.4 is 4.74 Å². The highest BCUT2D eigenvalue weighted by molar-refractivity contribution is 5.96. The minimum atomic E-state index is -1.13. The zero-order valence-corrected chi connectivity index (χ0v) is 13.5. The Kier molecular flexibility index (Phi) is 5.13. The molecule has 0 aromatic heterocycles. The van der Waals surface area contributed by atoms with Crippen molar-refractivity contribution in [3.05, 3.63) is 59.7 Å². The van der Waals surface area contributed by atoms with E-state index in [2.05, 4.69) is 0 Å². The number of carbonyl (C=O) groups excluding carboxylic acids is 1. The van der Waals surface area contributed by atoms with Crippen LogP contribution in [0.2, 0.25) is 0 Å². The van der Waals surface area contributed by atoms with Gasteiger partial charge in [0.15, 0.2) is 17.7 Å². The number of amides is 1. The van der Waals surface area contributed by atoms with E-state index in [0.717, 1.165) is 12.1 Å². The van der Waals surface area contributed by atoms with Crippen molar-refractivity contribution >= 4 is 11.9 Å². The van der Waals surface area contributed by atoms with Crippen LogP contribution in [0.3, 0.4) is 0 Å². The molecule has 1 heterocycles. The average Bonchev–Trinajstić information content (AvgIpc) is 2.65. The van der Waals surface area contributed by atoms with Crippen LogP contribution in [-0.4, -0.2) is 47.7 Å². The Labute approximate surface area is 147 Å². The summed E-state index contributed by atoms with van der Waals surface area (Å²) in [5, 5.41) is 9.20. The van der Waals surface area contributed by atoms with Gasteiger partial charge in [-0.2, -0.15) is 0 Å². The minimum absolute atomic E-state index is 0.0571. The van der Waals surface area contributed by atoms with E-state index in [4.69, 9.17) is 9.47 Å². The number of carbonyl (C=O) groups is 2. The second-order valence-electron chi connectivity index (χ2n) is 5.63. The Morgan fingerprint density at radius 3 is 2.42 bits per heavy atom. The van der Waals surface area contributed by atoms with Gasteiger partial charge >= 0.3 is 5.97 Å². The van der Waals surface area contributed by atoms with Gasteiger partial charge in [-0.25, -0.2) is 13.6 Å². The summed E-state index contributed by atoms with van der Waals surface area (Å²) >= 11 is 0. The molecule has 0 saturated carbocycles. The lowest BCUT2D eigenvalue weighted by Gasteiger charge is -2.32. The van der Waals surface area contributed by atoms with E-state index in [1.54, 1.807) is 0 Å². The van der Waals surface area contributed by atoms with E-state index in [0.29, 0.717) is 5.75 Å². The topological polar surface area (TPSA) is 76.1 Å². The molecule has 1 amide bonds. The fourth-order valence-electron chi connectivity index (χ4n) is 2.56. The first-order valence-corrected chi connectivity index (χ1v) is 7.80. The predicted molar refractivity (Wildman–Crippen MR) is 86.2 cm³/mol. The fraction of sp³-hybridized carbons (Fsp3) is 0.222. The summed E-state index contributed by atoms with van der Waals surface area (Å²) in [5.41, 5.74) is 0.288. The summed E-state index contributed by atoms with van der Waals surface area (Å²) in [7, 11) is 0. The molecular weight excluding hydrogens is 348 g/mol. The summed E-state index contributed by atoms with van der Waals surface area (Å²) in [6.07, 6.45) is 0. The molecule has 0 unspecified atom stereocenters. The van der Waals surface area contributed by atoms with Gasteiger partial charge in [-0.1, -0.05) is 0 Å². The zero-order chi connectivity index (χ0) is 18.7. The Bertz CT molecular complexity index is 825. The number of morpholine rings is 1. The van der Waals surface area contributed by atoms with Crippen LogP contribution in [0, 0.1) is 11.6 Å². The summed E-state index contributed by atoms with van der Waals surface area (Å²) in [4.78, 5) is 25.0. The molecule has 0 bridgehead atoms. The third-order valence-corrected chi connectivity index (χ3v) is 3.90. The van der Waals surface area contributed by atoms with Gasteiger partial charge in [0.05, 0.1) is 13.2 Å². The highest BCUT2D eigenvalue weighted by atomic mass is 19.2. The van der Waals surface area contributed by atoms with Crippen molar-refractivity contribution in [3.63, 3.8) is 0 Å². The van der Waals surface area contributed by atoms with Crippen molar-refractivity contribution in [2.75, 3.05) is 19.8 Å². The van der Waals surface area contributed by atoms with E-state index in [1.165, 1.54) is 35.2 Å². The normalized spacial score (nSPS) is 17.0. The first-order chi connectivity index (χ1) is 12.5. The first kappa shape index (κ1) is 17.8. The number of hydrogen-bond donors (Lipinski definition) is 1. The number of ether oxygens (including phenoxy) is 2. The number of rotatable bonds is 4. The summed E-state index contributed by atoms with van der Waals surface area (Å²) in [6, 6.07) is 8.05. The molecule has 1 saturated heterocycles. The molecule has 0 aliphatic carbocycles. The first-order valence-electron chi connectivity index (χ1n) is 7.80. The molecule has 1 N–H and O–H groups in total. The largest absolute Gasteiger partial charge is 0.480 e. The number of halogens is 2. The maximum Gasteiger partial charge on any atom is 0.328 e. The molecule has 8 heteroatoms. The molecular formula is C18H15F2NO5. The van der Waals surface area contributed by atoms with Gasteiger partial charge in [-0.05, 0) is 36.4 Å². The zero-order valence-electron chi connectivity index (χ0n) is 13.5. The standard InChI is InChI=1S/C18H15F2NO5/c19-14-6-5-13(9-15(14)20)26-12-3-1-11(2-4-12)17(22)21-7-8-25-10-16(21)18(23)24/h1-6,9,16H,7-8,10H2,(H,23,24)/t16-/m0/s1. The smallest absolute Gasteiger partial charge is 0.328 e. The van der Waals surface area contributed by atoms with Crippen LogP contribution >= 0.6 is 0 Å². The quantitative estimate of drug-likeness (QED) is 0.904. The van der Waals surface area contributed by atoms with E-state index >= 15 is 0 Å². The van der Waals surface area contributed by atoms with Crippen molar-refractivity contribution in [1.29, 1.82) is 0 Å². The maximum atomic E-state index is 13.2. The Balaban J connectivity index is 1.73. The van der Waals surface area contributed by atoms with Crippen LogP contribution in [0.1, 0.15) is 10.4 Å². The van der Waals surface area contributed by atoms with Gasteiger partial charge < -0.3 is 19.5 Å². The number of aliphatic carboxylic acids is 1. The monoisotopic (exact) mass is 363 g/mol. The molecule has 0 radical (unpaired) electrons. The number of carboxylic acid groups (broad SMARTS) is 1. The molecule has 136 valence electrons. The molecule has 26 heavy (non-hydrogen) atoms. The molecule has 1 atom stereocenters. The fourth-order valence-corrected chi connectivity index (χ4v) is 2.56. The van der Waals surface area contributed by atoms with Crippen LogP contribution in [0.5, 0.6) is 11.5 Å². The molecule has 1 aliphatic heterocycles. The van der Waals surface area contributed by atoms with Gasteiger partial charge in [-0.3, -0.25) is 4.79 Å². The second-order valence-corrected chi connectivity index (χ2v) is 5.63. The summed E-state index contributed by atoms with van der Waals surface area (Å²) in [6.45, 7) is 0.397. The molecule has 2 aromatic rings. The number of nitrogens with zero attached hydrogens (tertiary/aromatic N) is 1. The molecule has 0 spiro atoms. The number of benzene rings is 2. The van der Waals surface area contributed by atoms with Crippen molar-refractivity contribution < 1.29 is 33.0 Å². The Hall–Kier alpha value is -3.00. The maximum absolute atomic E-state index is 13.2. The van der Waals surface area contributed by atoms with E-state index in [-0.39, 0.29) is 31.1 Å². The lowest BCUT2D eigenvalue weighted by atomic mass is 10.1. The highest BCUT2D eigenvalue weighted by Gasteiger charge is 2.33. The van der Waals surface area contributed by atoms with Gasteiger partial charge in [-0.15, -0.1) is 0 Å². The van der Waals surface area contributed by atoms with Gasteiger partial charge in [0.1, 0.15) is 11.5 Å². The highest BCUT2D eigenvalue weighted by Crippen LogP contribution is 2.24. The molecule has 1 aliphatic rings. The van der Waals surface area contributed by atoms with Gasteiger partial charge in [0.2, 0.25) is 0 Å². The number of carboxylic acids is 1. The summed E-state index contributed by atoms with van der Waals surface area (Å²) < 4.78 is 36.6. The van der Waals surface area contributed by atoms with E-state index in [9.17, 15) is 23.5 Å². The van der Waals surface area contributed by atoms with Crippen LogP contribution in [0.4, 0.5) is 8.78 Å². The van der Waals surface area contributed by atoms with E-state index in [1.807, 2.05) is 0 Å². The summed E-state index contributed by atoms with van der Waals surface area (Å²) in [5.74, 6) is -3.12. The molecule has 1 fully saturated rings. The Morgan fingerprint density at radius 2 is 1.77 bits per heavy atom. The van der Waals surface area contributed by atoms with Gasteiger partial charge in [0.25, 0.3) is 5.91 Å². The van der Waals surface area contributed by atoms with Crippen LogP contribution in [-0.2, 0) is 9.53 Å².